The summed E-state index contributed by atoms with van der Waals surface area (Å²) < 4.78 is 69.4. The maximum atomic E-state index is 14.9. The van der Waals surface area contributed by atoms with Crippen molar-refractivity contribution >= 4 is 26.7 Å². The van der Waals surface area contributed by atoms with Crippen molar-refractivity contribution in [1.82, 2.24) is 25.1 Å². The second kappa shape index (κ2) is 10.8. The van der Waals surface area contributed by atoms with Crippen LogP contribution in [0.3, 0.4) is 0 Å². The number of aryl methyl sites for hydroxylation is 2. The van der Waals surface area contributed by atoms with Crippen molar-refractivity contribution < 1.29 is 26.7 Å². The minimum atomic E-state index is -4.59. The molecule has 0 fully saturated rings. The summed E-state index contributed by atoms with van der Waals surface area (Å²) in [5.41, 5.74) is 1.75. The highest BCUT2D eigenvalue weighted by Gasteiger charge is 2.22. The quantitative estimate of drug-likeness (QED) is 0.285. The molecule has 13 heteroatoms. The number of nitrogens with one attached hydrogen (secondary N) is 2. The first-order chi connectivity index (χ1) is 17.6. The summed E-state index contributed by atoms with van der Waals surface area (Å²) in [5, 5.41) is 16.9. The SMILES string of the molecule is Cc1[nH]nc2nc(-c3ccc(NS(=O)(=O)c4cc(F)ccc4F)c(F)c3)nc(CCCN(C)CCO)c12. The number of aliphatic hydroxyl groups is 1. The molecule has 4 rings (SSSR count). The van der Waals surface area contributed by atoms with E-state index in [1.807, 2.05) is 23.6 Å². The summed E-state index contributed by atoms with van der Waals surface area (Å²) >= 11 is 0. The lowest BCUT2D eigenvalue weighted by molar-refractivity contribution is 0.220. The maximum absolute atomic E-state index is 14.9. The van der Waals surface area contributed by atoms with Crippen LogP contribution in [0, 0.1) is 24.4 Å². The van der Waals surface area contributed by atoms with Crippen molar-refractivity contribution in [1.29, 1.82) is 0 Å². The van der Waals surface area contributed by atoms with Gasteiger partial charge in [-0.1, -0.05) is 0 Å². The molecule has 0 aliphatic heterocycles. The fourth-order valence-corrected chi connectivity index (χ4v) is 5.04. The van der Waals surface area contributed by atoms with Crippen molar-refractivity contribution in [2.24, 2.45) is 0 Å². The van der Waals surface area contributed by atoms with E-state index in [0.717, 1.165) is 47.9 Å². The first kappa shape index (κ1) is 26.5. The fraction of sp³-hybridized carbons (Fsp3) is 0.292. The molecule has 0 saturated heterocycles. The van der Waals surface area contributed by atoms with Crippen LogP contribution in [0.15, 0.2) is 41.3 Å². The van der Waals surface area contributed by atoms with Gasteiger partial charge in [-0.05, 0) is 69.8 Å². The zero-order valence-corrected chi connectivity index (χ0v) is 20.9. The van der Waals surface area contributed by atoms with Gasteiger partial charge in [-0.3, -0.25) is 9.82 Å². The topological polar surface area (TPSA) is 124 Å². The number of H-pyrrole nitrogens is 1. The molecule has 0 aliphatic rings. The van der Waals surface area contributed by atoms with Crippen LogP contribution >= 0.6 is 0 Å². The number of aliphatic hydroxyl groups excluding tert-OH is 1. The normalized spacial score (nSPS) is 12.0. The average molecular weight is 535 g/mol. The zero-order valence-electron chi connectivity index (χ0n) is 20.1. The van der Waals surface area contributed by atoms with E-state index in [1.165, 1.54) is 6.07 Å². The van der Waals surface area contributed by atoms with Gasteiger partial charge < -0.3 is 10.0 Å². The molecule has 2 aromatic heterocycles. The van der Waals surface area contributed by atoms with Crippen molar-refractivity contribution in [2.75, 3.05) is 31.5 Å². The van der Waals surface area contributed by atoms with Gasteiger partial charge in [0.15, 0.2) is 11.5 Å². The van der Waals surface area contributed by atoms with E-state index in [0.29, 0.717) is 30.7 Å². The molecule has 0 amide bonds. The lowest BCUT2D eigenvalue weighted by Gasteiger charge is -2.15. The minimum Gasteiger partial charge on any atom is -0.395 e. The number of sulfonamides is 1. The van der Waals surface area contributed by atoms with Gasteiger partial charge in [0.05, 0.1) is 23.4 Å². The number of rotatable bonds is 10. The molecule has 37 heavy (non-hydrogen) atoms. The lowest BCUT2D eigenvalue weighted by atomic mass is 10.1. The summed E-state index contributed by atoms with van der Waals surface area (Å²) in [6.07, 6.45) is 1.33. The Kier molecular flexibility index (Phi) is 7.76. The van der Waals surface area contributed by atoms with Crippen LogP contribution in [0.2, 0.25) is 0 Å². The Morgan fingerprint density at radius 2 is 1.84 bits per heavy atom. The maximum Gasteiger partial charge on any atom is 0.265 e. The number of halogens is 3. The van der Waals surface area contributed by atoms with Crippen molar-refractivity contribution in [3.05, 3.63) is 65.2 Å². The average Bonchev–Trinajstić information content (AvgIpc) is 3.22. The second-order valence-corrected chi connectivity index (χ2v) is 10.2. The molecule has 0 saturated carbocycles. The number of benzene rings is 2. The van der Waals surface area contributed by atoms with Gasteiger partial charge in [-0.2, -0.15) is 5.10 Å². The zero-order chi connectivity index (χ0) is 26.7. The van der Waals surface area contributed by atoms with Crippen LogP contribution in [-0.2, 0) is 16.4 Å². The number of hydrogen-bond donors (Lipinski definition) is 3. The molecule has 196 valence electrons. The Morgan fingerprint density at radius 3 is 2.57 bits per heavy atom. The monoisotopic (exact) mass is 534 g/mol. The van der Waals surface area contributed by atoms with Gasteiger partial charge in [0.2, 0.25) is 0 Å². The minimum absolute atomic E-state index is 0.0636. The summed E-state index contributed by atoms with van der Waals surface area (Å²) in [5.74, 6) is -2.87. The van der Waals surface area contributed by atoms with Gasteiger partial charge in [-0.15, -0.1) is 0 Å². The van der Waals surface area contributed by atoms with E-state index >= 15 is 0 Å². The molecule has 0 unspecified atom stereocenters. The highest BCUT2D eigenvalue weighted by Crippen LogP contribution is 2.28. The molecule has 9 nitrogen and oxygen atoms in total. The summed E-state index contributed by atoms with van der Waals surface area (Å²) in [7, 11) is -2.69. The van der Waals surface area contributed by atoms with E-state index in [9.17, 15) is 21.6 Å². The molecular formula is C24H25F3N6O3S. The van der Waals surface area contributed by atoms with Gasteiger partial charge in [-0.25, -0.2) is 31.6 Å². The number of likely N-dealkylation sites (N-methyl/N-ethyl adjacent to an activating group) is 1. The van der Waals surface area contributed by atoms with Crippen molar-refractivity contribution in [3.8, 4) is 11.4 Å². The molecule has 0 atom stereocenters. The third-order valence-electron chi connectivity index (χ3n) is 5.76. The molecular weight excluding hydrogens is 509 g/mol. The molecule has 2 aromatic carbocycles. The largest absolute Gasteiger partial charge is 0.395 e. The lowest BCUT2D eigenvalue weighted by Crippen LogP contribution is -2.23. The van der Waals surface area contributed by atoms with Crippen LogP contribution in [0.1, 0.15) is 17.8 Å². The van der Waals surface area contributed by atoms with E-state index in [-0.39, 0.29) is 18.0 Å². The highest BCUT2D eigenvalue weighted by atomic mass is 32.2. The van der Waals surface area contributed by atoms with Gasteiger partial charge >= 0.3 is 0 Å². The number of aromatic amines is 1. The van der Waals surface area contributed by atoms with Gasteiger partial charge in [0.1, 0.15) is 22.3 Å². The van der Waals surface area contributed by atoms with Gasteiger partial charge in [0.25, 0.3) is 10.0 Å². The second-order valence-electron chi connectivity index (χ2n) is 8.55. The summed E-state index contributed by atoms with van der Waals surface area (Å²) in [6.45, 7) is 3.19. The van der Waals surface area contributed by atoms with Crippen molar-refractivity contribution in [2.45, 2.75) is 24.7 Å². The first-order valence-corrected chi connectivity index (χ1v) is 12.9. The predicted octanol–water partition coefficient (Wildman–Crippen LogP) is 3.40. The fourth-order valence-electron chi connectivity index (χ4n) is 3.88. The third kappa shape index (κ3) is 5.89. The van der Waals surface area contributed by atoms with Gasteiger partial charge in [0, 0.05) is 17.8 Å². The van der Waals surface area contributed by atoms with Crippen LogP contribution < -0.4 is 4.72 Å². The number of anilines is 1. The Morgan fingerprint density at radius 1 is 1.05 bits per heavy atom. The molecule has 0 spiro atoms. The third-order valence-corrected chi connectivity index (χ3v) is 7.14. The number of nitrogens with zero attached hydrogens (tertiary/aromatic N) is 4. The smallest absolute Gasteiger partial charge is 0.265 e. The Hall–Kier alpha value is -3.55. The number of hydrogen-bond acceptors (Lipinski definition) is 7. The van der Waals surface area contributed by atoms with E-state index < -0.39 is 38.1 Å². The Bertz CT molecular complexity index is 1540. The predicted molar refractivity (Wildman–Crippen MR) is 132 cm³/mol. The Balaban J connectivity index is 1.62. The van der Waals surface area contributed by atoms with Crippen molar-refractivity contribution in [3.63, 3.8) is 0 Å². The standard InChI is InChI=1S/C24H25F3N6O3S/c1-14-22-20(4-3-9-33(2)10-11-34)28-23(29-24(22)31-30-14)15-5-8-19(18(27)12-15)32-37(35,36)21-13-16(25)6-7-17(21)26/h5-8,12-13,32,34H,3-4,9-11H2,1-2H3,(H,28,29,30,31). The summed E-state index contributed by atoms with van der Waals surface area (Å²) in [4.78, 5) is 10.1. The van der Waals surface area contributed by atoms with Crippen LogP contribution in [0.5, 0.6) is 0 Å². The number of fused-ring (bicyclic) bond motifs is 1. The number of aromatic nitrogens is 4. The Labute approximate surface area is 211 Å². The summed E-state index contributed by atoms with van der Waals surface area (Å²) in [6, 6.07) is 5.61. The van der Waals surface area contributed by atoms with E-state index in [4.69, 9.17) is 5.11 Å². The molecule has 4 aromatic rings. The molecule has 2 heterocycles. The first-order valence-electron chi connectivity index (χ1n) is 11.4. The molecule has 0 radical (unpaired) electrons. The van der Waals surface area contributed by atoms with Crippen LogP contribution in [0.4, 0.5) is 18.9 Å². The molecule has 3 N–H and O–H groups in total. The highest BCUT2D eigenvalue weighted by molar-refractivity contribution is 7.92. The van der Waals surface area contributed by atoms with E-state index in [2.05, 4.69) is 20.2 Å². The molecule has 0 bridgehead atoms. The van der Waals surface area contributed by atoms with E-state index in [1.54, 1.807) is 0 Å². The van der Waals surface area contributed by atoms with Crippen LogP contribution in [0.25, 0.3) is 22.4 Å². The van der Waals surface area contributed by atoms with Crippen LogP contribution in [-0.4, -0.2) is 65.3 Å². The molecule has 0 aliphatic carbocycles.